The molecule has 66 valence electrons. The highest BCUT2D eigenvalue weighted by molar-refractivity contribution is 7.99. The third-order valence-electron chi connectivity index (χ3n) is 1.62. The van der Waals surface area contributed by atoms with Gasteiger partial charge < -0.3 is 5.11 Å². The van der Waals surface area contributed by atoms with Crippen LogP contribution in [0.4, 0.5) is 0 Å². The molecule has 0 radical (unpaired) electrons. The van der Waals surface area contributed by atoms with E-state index in [4.69, 9.17) is 0 Å². The molecule has 1 rings (SSSR count). The van der Waals surface area contributed by atoms with Crippen LogP contribution in [0.2, 0.25) is 0 Å². The van der Waals surface area contributed by atoms with Crippen molar-refractivity contribution in [1.82, 2.24) is 4.98 Å². The standard InChI is InChI=1S/C9H13NOS/c1-7(11)8(2)12-9-5-3-4-6-10-9/h3-8,11H,1-2H3. The van der Waals surface area contributed by atoms with Gasteiger partial charge in [-0.2, -0.15) is 0 Å². The second-order valence-electron chi connectivity index (χ2n) is 2.73. The predicted octanol–water partition coefficient (Wildman–Crippen LogP) is 1.94. The van der Waals surface area contributed by atoms with E-state index in [2.05, 4.69) is 4.98 Å². The second-order valence-corrected chi connectivity index (χ2v) is 4.13. The molecule has 0 fully saturated rings. The molecule has 1 N–H and O–H groups in total. The van der Waals surface area contributed by atoms with E-state index in [1.54, 1.807) is 24.9 Å². The van der Waals surface area contributed by atoms with E-state index in [-0.39, 0.29) is 11.4 Å². The zero-order chi connectivity index (χ0) is 8.97. The topological polar surface area (TPSA) is 33.1 Å². The summed E-state index contributed by atoms with van der Waals surface area (Å²) in [5.74, 6) is 0. The number of aliphatic hydroxyl groups is 1. The molecule has 0 bridgehead atoms. The van der Waals surface area contributed by atoms with Gasteiger partial charge in [0, 0.05) is 11.4 Å². The van der Waals surface area contributed by atoms with Crippen LogP contribution in [0, 0.1) is 0 Å². The maximum atomic E-state index is 9.23. The van der Waals surface area contributed by atoms with Crippen molar-refractivity contribution in [2.45, 2.75) is 30.2 Å². The van der Waals surface area contributed by atoms with Crippen molar-refractivity contribution in [3.8, 4) is 0 Å². The number of aliphatic hydroxyl groups excluding tert-OH is 1. The van der Waals surface area contributed by atoms with Gasteiger partial charge in [0.05, 0.1) is 11.1 Å². The molecule has 0 amide bonds. The van der Waals surface area contributed by atoms with Crippen LogP contribution in [0.3, 0.4) is 0 Å². The zero-order valence-corrected chi connectivity index (χ0v) is 8.08. The molecule has 1 aromatic heterocycles. The summed E-state index contributed by atoms with van der Waals surface area (Å²) < 4.78 is 0. The fourth-order valence-electron chi connectivity index (χ4n) is 0.706. The Hall–Kier alpha value is -0.540. The lowest BCUT2D eigenvalue weighted by molar-refractivity contribution is 0.196. The lowest BCUT2D eigenvalue weighted by Crippen LogP contribution is -2.14. The molecule has 1 aromatic rings. The van der Waals surface area contributed by atoms with Crippen molar-refractivity contribution in [2.24, 2.45) is 0 Å². The number of pyridine rings is 1. The summed E-state index contributed by atoms with van der Waals surface area (Å²) in [6.45, 7) is 3.78. The van der Waals surface area contributed by atoms with Gasteiger partial charge in [0.2, 0.25) is 0 Å². The predicted molar refractivity (Wildman–Crippen MR) is 51.2 cm³/mol. The number of aromatic nitrogens is 1. The first-order valence-corrected chi connectivity index (χ1v) is 4.84. The van der Waals surface area contributed by atoms with Crippen molar-refractivity contribution in [2.75, 3.05) is 0 Å². The molecular formula is C9H13NOS. The Morgan fingerprint density at radius 1 is 1.42 bits per heavy atom. The molecule has 12 heavy (non-hydrogen) atoms. The third-order valence-corrected chi connectivity index (χ3v) is 2.87. The van der Waals surface area contributed by atoms with Crippen molar-refractivity contribution < 1.29 is 5.11 Å². The number of rotatable bonds is 3. The van der Waals surface area contributed by atoms with Crippen LogP contribution in [0.25, 0.3) is 0 Å². The highest BCUT2D eigenvalue weighted by Crippen LogP contribution is 2.22. The van der Waals surface area contributed by atoms with Crippen LogP contribution in [0.5, 0.6) is 0 Å². The van der Waals surface area contributed by atoms with Gasteiger partial charge in [0.25, 0.3) is 0 Å². The fourth-order valence-corrected chi connectivity index (χ4v) is 1.56. The maximum Gasteiger partial charge on any atom is 0.0963 e. The minimum absolute atomic E-state index is 0.194. The van der Waals surface area contributed by atoms with Gasteiger partial charge >= 0.3 is 0 Å². The summed E-state index contributed by atoms with van der Waals surface area (Å²) in [6.07, 6.45) is 1.47. The van der Waals surface area contributed by atoms with Gasteiger partial charge in [-0.3, -0.25) is 0 Å². The number of hydrogen-bond donors (Lipinski definition) is 1. The summed E-state index contributed by atoms with van der Waals surface area (Å²) in [6, 6.07) is 5.78. The summed E-state index contributed by atoms with van der Waals surface area (Å²) in [5.41, 5.74) is 0. The van der Waals surface area contributed by atoms with Crippen LogP contribution in [-0.2, 0) is 0 Å². The van der Waals surface area contributed by atoms with Gasteiger partial charge in [-0.25, -0.2) is 4.98 Å². The first-order valence-electron chi connectivity index (χ1n) is 3.96. The van der Waals surface area contributed by atoms with Crippen molar-refractivity contribution in [1.29, 1.82) is 0 Å². The smallest absolute Gasteiger partial charge is 0.0963 e. The quantitative estimate of drug-likeness (QED) is 0.727. The molecule has 0 aliphatic heterocycles. The van der Waals surface area contributed by atoms with Gasteiger partial charge in [0.1, 0.15) is 0 Å². The molecule has 0 aliphatic rings. The van der Waals surface area contributed by atoms with Crippen molar-refractivity contribution >= 4 is 11.8 Å². The summed E-state index contributed by atoms with van der Waals surface area (Å²) in [4.78, 5) is 4.15. The van der Waals surface area contributed by atoms with Gasteiger partial charge in [-0.15, -0.1) is 11.8 Å². The summed E-state index contributed by atoms with van der Waals surface area (Å²) in [5, 5.41) is 10.4. The molecular weight excluding hydrogens is 170 g/mol. The van der Waals surface area contributed by atoms with E-state index in [1.165, 1.54) is 0 Å². The van der Waals surface area contributed by atoms with Gasteiger partial charge in [-0.1, -0.05) is 13.0 Å². The molecule has 1 heterocycles. The monoisotopic (exact) mass is 183 g/mol. The largest absolute Gasteiger partial charge is 0.392 e. The first kappa shape index (κ1) is 9.55. The van der Waals surface area contributed by atoms with Crippen molar-refractivity contribution in [3.63, 3.8) is 0 Å². The summed E-state index contributed by atoms with van der Waals surface area (Å²) >= 11 is 1.59. The average Bonchev–Trinajstić information content (AvgIpc) is 2.06. The molecule has 0 spiro atoms. The minimum Gasteiger partial charge on any atom is -0.392 e. The van der Waals surface area contributed by atoms with Crippen LogP contribution in [0.15, 0.2) is 29.4 Å². The lowest BCUT2D eigenvalue weighted by atomic mass is 10.3. The van der Waals surface area contributed by atoms with Gasteiger partial charge in [0.15, 0.2) is 0 Å². The molecule has 2 nitrogen and oxygen atoms in total. The number of hydrogen-bond acceptors (Lipinski definition) is 3. The van der Waals surface area contributed by atoms with Crippen LogP contribution in [-0.4, -0.2) is 21.4 Å². The molecule has 2 atom stereocenters. The van der Waals surface area contributed by atoms with E-state index in [1.807, 2.05) is 25.1 Å². The first-order chi connectivity index (χ1) is 5.70. The molecule has 0 saturated heterocycles. The molecule has 2 unspecified atom stereocenters. The normalized spacial score (nSPS) is 15.6. The summed E-state index contributed by atoms with van der Waals surface area (Å²) in [7, 11) is 0. The third kappa shape index (κ3) is 2.83. The van der Waals surface area contributed by atoms with Crippen molar-refractivity contribution in [3.05, 3.63) is 24.4 Å². The van der Waals surface area contributed by atoms with E-state index >= 15 is 0 Å². The molecule has 0 saturated carbocycles. The Bertz CT molecular complexity index is 225. The minimum atomic E-state index is -0.294. The second kappa shape index (κ2) is 4.48. The SMILES string of the molecule is CC(O)C(C)Sc1ccccn1. The Morgan fingerprint density at radius 2 is 2.17 bits per heavy atom. The molecule has 3 heteroatoms. The Morgan fingerprint density at radius 3 is 2.67 bits per heavy atom. The highest BCUT2D eigenvalue weighted by Gasteiger charge is 2.10. The Balaban J connectivity index is 2.53. The van der Waals surface area contributed by atoms with Crippen LogP contribution >= 0.6 is 11.8 Å². The maximum absolute atomic E-state index is 9.23. The van der Waals surface area contributed by atoms with E-state index in [0.29, 0.717) is 0 Å². The van der Waals surface area contributed by atoms with E-state index < -0.39 is 0 Å². The van der Waals surface area contributed by atoms with Crippen LogP contribution < -0.4 is 0 Å². The zero-order valence-electron chi connectivity index (χ0n) is 7.27. The Kier molecular flexibility index (Phi) is 3.56. The van der Waals surface area contributed by atoms with Gasteiger partial charge in [-0.05, 0) is 19.1 Å². The molecule has 0 aromatic carbocycles. The van der Waals surface area contributed by atoms with Crippen LogP contribution in [0.1, 0.15) is 13.8 Å². The number of nitrogens with zero attached hydrogens (tertiary/aromatic N) is 1. The average molecular weight is 183 g/mol. The van der Waals surface area contributed by atoms with E-state index in [0.717, 1.165) is 5.03 Å². The highest BCUT2D eigenvalue weighted by atomic mass is 32.2. The molecule has 0 aliphatic carbocycles. The fraction of sp³-hybridized carbons (Fsp3) is 0.444. The lowest BCUT2D eigenvalue weighted by Gasteiger charge is -2.12. The Labute approximate surface area is 77.0 Å². The van der Waals surface area contributed by atoms with E-state index in [9.17, 15) is 5.11 Å². The number of thioether (sulfide) groups is 1.